The molecule has 1 aromatic rings. The molecule has 0 amide bonds. The summed E-state index contributed by atoms with van der Waals surface area (Å²) in [5.41, 5.74) is 0.444. The molecule has 1 heterocycles. The maximum atomic E-state index is 11.7. The van der Waals surface area contributed by atoms with E-state index in [4.69, 9.17) is 14.2 Å². The number of hydrogen-bond donors (Lipinski definition) is 0. The van der Waals surface area contributed by atoms with Crippen LogP contribution in [0.15, 0.2) is 18.2 Å². The van der Waals surface area contributed by atoms with E-state index in [-0.39, 0.29) is 18.2 Å². The van der Waals surface area contributed by atoms with Crippen LogP contribution in [-0.4, -0.2) is 25.3 Å². The topological polar surface area (TPSA) is 44.8 Å². The molecule has 0 saturated heterocycles. The highest BCUT2D eigenvalue weighted by molar-refractivity contribution is 5.93. The van der Waals surface area contributed by atoms with Gasteiger partial charge in [0.25, 0.3) is 0 Å². The molecular weight excluding hydrogens is 232 g/mol. The second kappa shape index (κ2) is 4.52. The highest BCUT2D eigenvalue weighted by Gasteiger charge is 2.35. The van der Waals surface area contributed by atoms with Crippen LogP contribution < -0.4 is 9.47 Å². The predicted molar refractivity (Wildman–Crippen MR) is 65.1 cm³/mol. The van der Waals surface area contributed by atoms with Crippen molar-refractivity contribution in [1.29, 1.82) is 0 Å². The van der Waals surface area contributed by atoms with Gasteiger partial charge < -0.3 is 14.2 Å². The van der Waals surface area contributed by atoms with Crippen molar-refractivity contribution in [2.24, 2.45) is 0 Å². The van der Waals surface area contributed by atoms with Crippen molar-refractivity contribution in [3.05, 3.63) is 23.8 Å². The van der Waals surface area contributed by atoms with Gasteiger partial charge in [0.2, 0.25) is 0 Å². The van der Waals surface area contributed by atoms with E-state index in [2.05, 4.69) is 0 Å². The van der Waals surface area contributed by atoms with Crippen LogP contribution in [-0.2, 0) is 4.74 Å². The number of benzene rings is 1. The lowest BCUT2D eigenvalue weighted by Crippen LogP contribution is -2.42. The van der Waals surface area contributed by atoms with Gasteiger partial charge >= 0.3 is 5.97 Å². The summed E-state index contributed by atoms with van der Waals surface area (Å²) in [6, 6.07) is 5.33. The first kappa shape index (κ1) is 11.4. The van der Waals surface area contributed by atoms with Crippen LogP contribution >= 0.6 is 0 Å². The number of para-hydroxylation sites is 1. The third kappa shape index (κ3) is 1.82. The molecule has 1 aliphatic carbocycles. The quantitative estimate of drug-likeness (QED) is 0.716. The molecule has 0 spiro atoms. The van der Waals surface area contributed by atoms with E-state index in [0.717, 1.165) is 19.3 Å². The van der Waals surface area contributed by atoms with Gasteiger partial charge in [0.15, 0.2) is 11.5 Å². The van der Waals surface area contributed by atoms with Gasteiger partial charge in [-0.15, -0.1) is 0 Å². The van der Waals surface area contributed by atoms with E-state index in [9.17, 15) is 4.79 Å². The Labute approximate surface area is 106 Å². The fourth-order valence-electron chi connectivity index (χ4n) is 2.65. The number of methoxy groups -OCH3 is 1. The van der Waals surface area contributed by atoms with Gasteiger partial charge in [-0.25, -0.2) is 4.79 Å². The van der Waals surface area contributed by atoms with E-state index in [1.165, 1.54) is 13.5 Å². The molecule has 1 aromatic carbocycles. The molecular formula is C14H16O4. The van der Waals surface area contributed by atoms with E-state index in [1.54, 1.807) is 12.1 Å². The van der Waals surface area contributed by atoms with Crippen molar-refractivity contribution < 1.29 is 19.0 Å². The summed E-state index contributed by atoms with van der Waals surface area (Å²) in [6.07, 6.45) is 4.53. The molecule has 1 fully saturated rings. The van der Waals surface area contributed by atoms with Gasteiger partial charge in [-0.3, -0.25) is 0 Å². The highest BCUT2D eigenvalue weighted by atomic mass is 16.6. The number of fused-ring (bicyclic) bond motifs is 2. The van der Waals surface area contributed by atoms with Gasteiger partial charge in [0.1, 0.15) is 17.8 Å². The minimum atomic E-state index is -0.385. The average Bonchev–Trinajstić information content (AvgIpc) is 2.43. The second-order valence-electron chi connectivity index (χ2n) is 4.72. The third-order valence-electron chi connectivity index (χ3n) is 3.57. The van der Waals surface area contributed by atoms with Crippen LogP contribution in [0, 0.1) is 0 Å². The molecule has 96 valence electrons. The monoisotopic (exact) mass is 248 g/mol. The molecule has 0 radical (unpaired) electrons. The van der Waals surface area contributed by atoms with Crippen molar-refractivity contribution in [2.45, 2.75) is 37.9 Å². The van der Waals surface area contributed by atoms with E-state index < -0.39 is 0 Å². The summed E-state index contributed by atoms with van der Waals surface area (Å²) in [7, 11) is 1.37. The summed E-state index contributed by atoms with van der Waals surface area (Å²) in [4.78, 5) is 11.7. The minimum Gasteiger partial charge on any atom is -0.483 e. The van der Waals surface area contributed by atoms with Crippen LogP contribution in [0.3, 0.4) is 0 Å². The Balaban J connectivity index is 1.97. The summed E-state index contributed by atoms with van der Waals surface area (Å²) >= 11 is 0. The third-order valence-corrected chi connectivity index (χ3v) is 3.57. The Hall–Kier alpha value is -1.71. The predicted octanol–water partition coefficient (Wildman–Crippen LogP) is 2.56. The number of rotatable bonds is 1. The highest BCUT2D eigenvalue weighted by Crippen LogP contribution is 2.40. The van der Waals surface area contributed by atoms with Crippen molar-refractivity contribution in [3.8, 4) is 11.5 Å². The fourth-order valence-corrected chi connectivity index (χ4v) is 2.65. The van der Waals surface area contributed by atoms with E-state index in [1.807, 2.05) is 6.07 Å². The maximum absolute atomic E-state index is 11.7. The number of hydrogen-bond acceptors (Lipinski definition) is 4. The Morgan fingerprint density at radius 1 is 1.22 bits per heavy atom. The Morgan fingerprint density at radius 3 is 2.67 bits per heavy atom. The Kier molecular flexibility index (Phi) is 2.86. The van der Waals surface area contributed by atoms with Gasteiger partial charge in [-0.1, -0.05) is 6.07 Å². The smallest absolute Gasteiger partial charge is 0.341 e. The van der Waals surface area contributed by atoms with Crippen LogP contribution in [0.25, 0.3) is 0 Å². The first-order chi connectivity index (χ1) is 8.79. The Bertz CT molecular complexity index is 469. The molecule has 3 rings (SSSR count). The zero-order valence-electron chi connectivity index (χ0n) is 10.3. The number of esters is 1. The van der Waals surface area contributed by atoms with Crippen LogP contribution in [0.4, 0.5) is 0 Å². The minimum absolute atomic E-state index is 0.0667. The van der Waals surface area contributed by atoms with Crippen molar-refractivity contribution in [2.75, 3.05) is 7.11 Å². The molecule has 2 aliphatic rings. The molecule has 1 aliphatic heterocycles. The average molecular weight is 248 g/mol. The SMILES string of the molecule is COC(=O)c1cccc2c1OC1CCCCC1O2. The van der Waals surface area contributed by atoms with Crippen LogP contribution in [0.5, 0.6) is 11.5 Å². The molecule has 2 atom stereocenters. The summed E-state index contributed by atoms with van der Waals surface area (Å²) in [5, 5.41) is 0. The lowest BCUT2D eigenvalue weighted by molar-refractivity contribution is -0.00730. The largest absolute Gasteiger partial charge is 0.483 e. The standard InChI is InChI=1S/C14H16O4/c1-16-14(15)9-5-4-8-12-13(9)18-11-7-3-2-6-10(11)17-12/h4-5,8,10-11H,2-3,6-7H2,1H3. The number of carbonyl (C=O) groups is 1. The van der Waals surface area contributed by atoms with E-state index in [0.29, 0.717) is 17.1 Å². The van der Waals surface area contributed by atoms with Gasteiger partial charge in [0.05, 0.1) is 7.11 Å². The van der Waals surface area contributed by atoms with Gasteiger partial charge in [-0.2, -0.15) is 0 Å². The maximum Gasteiger partial charge on any atom is 0.341 e. The summed E-state index contributed by atoms with van der Waals surface area (Å²) < 4.78 is 16.7. The molecule has 18 heavy (non-hydrogen) atoms. The van der Waals surface area contributed by atoms with E-state index >= 15 is 0 Å². The summed E-state index contributed by atoms with van der Waals surface area (Å²) in [5.74, 6) is 0.804. The zero-order valence-corrected chi connectivity index (χ0v) is 10.3. The Morgan fingerprint density at radius 2 is 1.94 bits per heavy atom. The van der Waals surface area contributed by atoms with Crippen molar-refractivity contribution in [1.82, 2.24) is 0 Å². The number of ether oxygens (including phenoxy) is 3. The van der Waals surface area contributed by atoms with Crippen LogP contribution in [0.2, 0.25) is 0 Å². The molecule has 2 unspecified atom stereocenters. The lowest BCUT2D eigenvalue weighted by Gasteiger charge is -2.37. The number of carbonyl (C=O) groups excluding carboxylic acids is 1. The first-order valence-corrected chi connectivity index (χ1v) is 6.34. The van der Waals surface area contributed by atoms with Crippen molar-refractivity contribution >= 4 is 5.97 Å². The molecule has 0 N–H and O–H groups in total. The van der Waals surface area contributed by atoms with Gasteiger partial charge in [-0.05, 0) is 37.8 Å². The van der Waals surface area contributed by atoms with Crippen LogP contribution in [0.1, 0.15) is 36.0 Å². The lowest BCUT2D eigenvalue weighted by atomic mass is 9.93. The normalized spacial score (nSPS) is 25.2. The molecule has 4 heteroatoms. The fraction of sp³-hybridized carbons (Fsp3) is 0.500. The van der Waals surface area contributed by atoms with Crippen molar-refractivity contribution in [3.63, 3.8) is 0 Å². The molecule has 4 nitrogen and oxygen atoms in total. The molecule has 0 bridgehead atoms. The van der Waals surface area contributed by atoms with Gasteiger partial charge in [0, 0.05) is 0 Å². The molecule has 1 saturated carbocycles. The second-order valence-corrected chi connectivity index (χ2v) is 4.72. The zero-order chi connectivity index (χ0) is 12.5. The first-order valence-electron chi connectivity index (χ1n) is 6.34. The molecule has 0 aromatic heterocycles. The summed E-state index contributed by atoms with van der Waals surface area (Å²) in [6.45, 7) is 0.